The minimum atomic E-state index is -0.304. The van der Waals surface area contributed by atoms with Crippen molar-refractivity contribution >= 4 is 10.9 Å². The molecule has 0 bridgehead atoms. The topological polar surface area (TPSA) is 61.6 Å². The molecule has 1 aromatic carbocycles. The summed E-state index contributed by atoms with van der Waals surface area (Å²) in [7, 11) is 0. The van der Waals surface area contributed by atoms with E-state index < -0.39 is 0 Å². The number of aromatic amines is 1. The van der Waals surface area contributed by atoms with Crippen LogP contribution >= 0.6 is 0 Å². The van der Waals surface area contributed by atoms with Crippen LogP contribution in [0.5, 0.6) is 0 Å². The first kappa shape index (κ1) is 11.9. The predicted molar refractivity (Wildman–Crippen MR) is 76.5 cm³/mol. The summed E-state index contributed by atoms with van der Waals surface area (Å²) in [6.45, 7) is 2.08. The van der Waals surface area contributed by atoms with Gasteiger partial charge in [0.05, 0.1) is 17.8 Å². The Morgan fingerprint density at radius 2 is 2.24 bits per heavy atom. The van der Waals surface area contributed by atoms with E-state index in [1.807, 2.05) is 18.2 Å². The summed E-state index contributed by atoms with van der Waals surface area (Å²) in [6.07, 6.45) is 0. The highest BCUT2D eigenvalue weighted by molar-refractivity contribution is 5.98. The molecule has 102 valence electrons. The zero-order chi connectivity index (χ0) is 14.7. The largest absolute Gasteiger partial charge is 0.354 e. The third-order valence-corrected chi connectivity index (χ3v) is 4.04. The Hall–Kier alpha value is -2.87. The van der Waals surface area contributed by atoms with Crippen LogP contribution < -0.4 is 5.56 Å². The van der Waals surface area contributed by atoms with Crippen molar-refractivity contribution in [2.45, 2.75) is 13.5 Å². The molecule has 0 spiro atoms. The monoisotopic (exact) mass is 279 g/mol. The molecule has 21 heavy (non-hydrogen) atoms. The van der Waals surface area contributed by atoms with Gasteiger partial charge >= 0.3 is 0 Å². The molecule has 2 aromatic heterocycles. The van der Waals surface area contributed by atoms with Gasteiger partial charge in [-0.2, -0.15) is 5.26 Å². The first-order valence-corrected chi connectivity index (χ1v) is 6.56. The third kappa shape index (κ3) is 1.39. The van der Waals surface area contributed by atoms with E-state index in [4.69, 9.17) is 5.26 Å². The molecule has 1 N–H and O–H groups in total. The van der Waals surface area contributed by atoms with Crippen molar-refractivity contribution in [1.82, 2.24) is 9.55 Å². The lowest BCUT2D eigenvalue weighted by Gasteiger charge is -2.07. The Bertz CT molecular complexity index is 1020. The van der Waals surface area contributed by atoms with Crippen molar-refractivity contribution in [2.75, 3.05) is 0 Å². The number of benzene rings is 1. The van der Waals surface area contributed by atoms with Crippen LogP contribution in [-0.2, 0) is 6.54 Å². The lowest BCUT2D eigenvalue weighted by Crippen LogP contribution is -2.22. The zero-order valence-electron chi connectivity index (χ0n) is 11.2. The molecule has 0 saturated heterocycles. The van der Waals surface area contributed by atoms with E-state index in [1.165, 1.54) is 6.07 Å². The Balaban J connectivity index is 2.13. The highest BCUT2D eigenvalue weighted by atomic mass is 19.1. The molecule has 4 nitrogen and oxygen atoms in total. The van der Waals surface area contributed by atoms with E-state index in [0.29, 0.717) is 17.6 Å². The van der Waals surface area contributed by atoms with Gasteiger partial charge in [0.25, 0.3) is 5.56 Å². The van der Waals surface area contributed by atoms with E-state index in [-0.39, 0.29) is 16.9 Å². The zero-order valence-corrected chi connectivity index (χ0v) is 11.2. The van der Waals surface area contributed by atoms with Crippen LogP contribution in [-0.4, -0.2) is 9.55 Å². The fourth-order valence-corrected chi connectivity index (χ4v) is 3.07. The van der Waals surface area contributed by atoms with Crippen LogP contribution in [0.15, 0.2) is 29.1 Å². The number of hydrogen-bond donors (Lipinski definition) is 1. The average Bonchev–Trinajstić information content (AvgIpc) is 2.97. The molecular formula is C16H10FN3O. The molecule has 0 aliphatic carbocycles. The number of fused-ring (bicyclic) bond motifs is 5. The number of rotatable bonds is 0. The molecule has 0 radical (unpaired) electrons. The van der Waals surface area contributed by atoms with Crippen molar-refractivity contribution in [3.8, 4) is 17.3 Å². The fraction of sp³-hybridized carbons (Fsp3) is 0.125. The number of nitrogens with zero attached hydrogens (tertiary/aromatic N) is 2. The third-order valence-electron chi connectivity index (χ3n) is 4.04. The Morgan fingerprint density at radius 1 is 1.43 bits per heavy atom. The van der Waals surface area contributed by atoms with Gasteiger partial charge < -0.3 is 9.55 Å². The quantitative estimate of drug-likeness (QED) is 0.538. The molecule has 1 aliphatic heterocycles. The second-order valence-corrected chi connectivity index (χ2v) is 5.23. The van der Waals surface area contributed by atoms with Crippen LogP contribution in [0.1, 0.15) is 16.8 Å². The average molecular weight is 279 g/mol. The van der Waals surface area contributed by atoms with E-state index in [0.717, 1.165) is 22.3 Å². The van der Waals surface area contributed by atoms with Crippen LogP contribution in [0.4, 0.5) is 4.39 Å². The molecule has 0 fully saturated rings. The van der Waals surface area contributed by atoms with E-state index >= 15 is 0 Å². The molecule has 3 heterocycles. The van der Waals surface area contributed by atoms with E-state index in [9.17, 15) is 9.18 Å². The highest BCUT2D eigenvalue weighted by Gasteiger charge is 2.26. The van der Waals surface area contributed by atoms with Gasteiger partial charge in [-0.25, -0.2) is 4.39 Å². The van der Waals surface area contributed by atoms with Crippen molar-refractivity contribution < 1.29 is 4.39 Å². The maximum atomic E-state index is 13.9. The fourth-order valence-electron chi connectivity index (χ4n) is 3.07. The molecule has 5 heteroatoms. The molecule has 3 aromatic rings. The lowest BCUT2D eigenvalue weighted by molar-refractivity contribution is 0.636. The number of pyridine rings is 1. The van der Waals surface area contributed by atoms with Crippen LogP contribution in [0.25, 0.3) is 22.2 Å². The second kappa shape index (κ2) is 3.83. The molecule has 0 unspecified atom stereocenters. The number of nitriles is 1. The second-order valence-electron chi connectivity index (χ2n) is 5.23. The van der Waals surface area contributed by atoms with Crippen molar-refractivity contribution in [2.24, 2.45) is 0 Å². The molecular weight excluding hydrogens is 269 g/mol. The van der Waals surface area contributed by atoms with Gasteiger partial charge in [0.15, 0.2) is 0 Å². The molecule has 1 aliphatic rings. The minimum absolute atomic E-state index is 0.166. The summed E-state index contributed by atoms with van der Waals surface area (Å²) < 4.78 is 15.4. The van der Waals surface area contributed by atoms with Gasteiger partial charge in [0.1, 0.15) is 17.4 Å². The molecule has 0 saturated carbocycles. The summed E-state index contributed by atoms with van der Waals surface area (Å²) in [4.78, 5) is 15.4. The van der Waals surface area contributed by atoms with Gasteiger partial charge in [0.2, 0.25) is 0 Å². The van der Waals surface area contributed by atoms with Gasteiger partial charge in [-0.05, 0) is 24.6 Å². The summed E-state index contributed by atoms with van der Waals surface area (Å²) in [5.74, 6) is -0.304. The number of halogens is 1. The summed E-state index contributed by atoms with van der Waals surface area (Å²) in [6, 6.07) is 8.68. The number of aryl methyl sites for hydroxylation is 1. The van der Waals surface area contributed by atoms with Crippen LogP contribution in [0, 0.1) is 24.1 Å². The van der Waals surface area contributed by atoms with Crippen molar-refractivity contribution in [1.29, 1.82) is 5.26 Å². The SMILES string of the molecule is Cc1cc2n(c(=O)c1C#N)Cc1[nH]c3c(F)cccc3c1-2. The number of H-pyrrole nitrogens is 1. The number of aromatic nitrogens is 2. The summed E-state index contributed by atoms with van der Waals surface area (Å²) in [5.41, 5.74) is 3.39. The van der Waals surface area contributed by atoms with Gasteiger partial charge in [-0.3, -0.25) is 4.79 Å². The first-order valence-electron chi connectivity index (χ1n) is 6.56. The predicted octanol–water partition coefficient (Wildman–Crippen LogP) is 2.68. The standard InChI is InChI=1S/C16H10FN3O/c1-8-5-13-14-9-3-2-4-11(17)15(9)19-12(14)7-20(13)16(21)10(8)6-18/h2-5,19H,7H2,1H3. The first-order chi connectivity index (χ1) is 10.1. The number of nitrogens with one attached hydrogen (secondary N) is 1. The number of para-hydroxylation sites is 1. The van der Waals surface area contributed by atoms with E-state index in [1.54, 1.807) is 17.6 Å². The molecule has 0 atom stereocenters. The lowest BCUT2D eigenvalue weighted by atomic mass is 10.1. The van der Waals surface area contributed by atoms with Crippen LogP contribution in [0.3, 0.4) is 0 Å². The van der Waals surface area contributed by atoms with Gasteiger partial charge in [-0.15, -0.1) is 0 Å². The van der Waals surface area contributed by atoms with Crippen molar-refractivity contribution in [3.05, 3.63) is 57.3 Å². The smallest absolute Gasteiger partial charge is 0.269 e. The van der Waals surface area contributed by atoms with Gasteiger partial charge in [0, 0.05) is 16.6 Å². The van der Waals surface area contributed by atoms with Crippen molar-refractivity contribution in [3.63, 3.8) is 0 Å². The molecule has 4 rings (SSSR count). The Kier molecular flexibility index (Phi) is 2.17. The van der Waals surface area contributed by atoms with E-state index in [2.05, 4.69) is 4.98 Å². The Labute approximate surface area is 119 Å². The summed E-state index contributed by atoms with van der Waals surface area (Å²) in [5, 5.41) is 9.85. The summed E-state index contributed by atoms with van der Waals surface area (Å²) >= 11 is 0. The van der Waals surface area contributed by atoms with Gasteiger partial charge in [-0.1, -0.05) is 12.1 Å². The Morgan fingerprint density at radius 3 is 3.00 bits per heavy atom. The number of hydrogen-bond acceptors (Lipinski definition) is 2. The van der Waals surface area contributed by atoms with Crippen LogP contribution in [0.2, 0.25) is 0 Å². The maximum Gasteiger partial charge on any atom is 0.269 e. The highest BCUT2D eigenvalue weighted by Crippen LogP contribution is 2.38. The maximum absolute atomic E-state index is 13.9. The minimum Gasteiger partial charge on any atom is -0.354 e. The molecule has 0 amide bonds. The normalized spacial score (nSPS) is 12.2.